The summed E-state index contributed by atoms with van der Waals surface area (Å²) in [6.07, 6.45) is 0.949. The zero-order valence-corrected chi connectivity index (χ0v) is 18.2. The van der Waals surface area contributed by atoms with Crippen molar-refractivity contribution in [3.8, 4) is 5.75 Å². The Labute approximate surface area is 187 Å². The van der Waals surface area contributed by atoms with Crippen LogP contribution in [-0.2, 0) is 11.2 Å². The molecule has 0 aliphatic carbocycles. The number of para-hydroxylation sites is 1. The second-order valence-electron chi connectivity index (χ2n) is 7.94. The van der Waals surface area contributed by atoms with Gasteiger partial charge in [-0.05, 0) is 37.1 Å². The highest BCUT2D eigenvalue weighted by Crippen LogP contribution is 2.27. The van der Waals surface area contributed by atoms with E-state index in [1.165, 1.54) is 0 Å². The number of carbonyl (C=O) groups is 2. The van der Waals surface area contributed by atoms with E-state index in [4.69, 9.17) is 4.74 Å². The van der Waals surface area contributed by atoms with E-state index in [1.807, 2.05) is 49.4 Å². The normalized spacial score (nSPS) is 17.9. The SMILES string of the molecule is COc1ccccc1CCC(=O)N1C[C@@H](NC(=O)c2ccccc2)[C@H](c2n[nH]c(C)n2)C1. The number of nitrogens with zero attached hydrogens (tertiary/aromatic N) is 3. The fourth-order valence-electron chi connectivity index (χ4n) is 4.09. The standard InChI is InChI=1S/C24H27N5O3/c1-16-25-23(28-27-16)19-14-29(15-20(19)26-24(31)18-9-4-3-5-10-18)22(30)13-12-17-8-6-7-11-21(17)32-2/h3-11,19-20H,12-15H2,1-2H3,(H,26,31)(H,25,27,28)/t19-,20-/m1/s1. The molecule has 2 heterocycles. The number of nitrogens with one attached hydrogen (secondary N) is 2. The molecule has 2 atom stereocenters. The molecule has 8 heteroatoms. The molecule has 8 nitrogen and oxygen atoms in total. The Kier molecular flexibility index (Phi) is 6.49. The number of rotatable bonds is 7. The van der Waals surface area contributed by atoms with Gasteiger partial charge in [0, 0.05) is 25.1 Å². The lowest BCUT2D eigenvalue weighted by molar-refractivity contribution is -0.130. The van der Waals surface area contributed by atoms with E-state index >= 15 is 0 Å². The van der Waals surface area contributed by atoms with Gasteiger partial charge in [-0.15, -0.1) is 0 Å². The van der Waals surface area contributed by atoms with Crippen LogP contribution in [0.1, 0.15) is 39.9 Å². The van der Waals surface area contributed by atoms with Gasteiger partial charge in [-0.3, -0.25) is 14.7 Å². The van der Waals surface area contributed by atoms with Gasteiger partial charge in [-0.25, -0.2) is 4.98 Å². The molecule has 0 bridgehead atoms. The molecular formula is C24H27N5O3. The molecule has 2 aromatic carbocycles. The number of aromatic nitrogens is 3. The fraction of sp³-hybridized carbons (Fsp3) is 0.333. The molecule has 1 fully saturated rings. The van der Waals surface area contributed by atoms with Crippen LogP contribution in [-0.4, -0.2) is 58.1 Å². The average molecular weight is 434 g/mol. The summed E-state index contributed by atoms with van der Waals surface area (Å²) in [5.74, 6) is 1.78. The summed E-state index contributed by atoms with van der Waals surface area (Å²) in [4.78, 5) is 32.0. The van der Waals surface area contributed by atoms with Crippen molar-refractivity contribution in [2.75, 3.05) is 20.2 Å². The number of carbonyl (C=O) groups excluding carboxylic acids is 2. The summed E-state index contributed by atoms with van der Waals surface area (Å²) in [5.41, 5.74) is 1.58. The summed E-state index contributed by atoms with van der Waals surface area (Å²) in [6, 6.07) is 16.5. The van der Waals surface area contributed by atoms with Crippen LogP contribution in [0.15, 0.2) is 54.6 Å². The second kappa shape index (κ2) is 9.64. The highest BCUT2D eigenvalue weighted by atomic mass is 16.5. The maximum absolute atomic E-state index is 13.0. The highest BCUT2D eigenvalue weighted by Gasteiger charge is 2.39. The quantitative estimate of drug-likeness (QED) is 0.596. The molecule has 2 N–H and O–H groups in total. The predicted octanol–water partition coefficient (Wildman–Crippen LogP) is 2.48. The van der Waals surface area contributed by atoms with Crippen LogP contribution < -0.4 is 10.1 Å². The fourth-order valence-corrected chi connectivity index (χ4v) is 4.09. The first-order chi connectivity index (χ1) is 15.5. The average Bonchev–Trinajstić information content (AvgIpc) is 3.44. The van der Waals surface area contributed by atoms with Crippen molar-refractivity contribution in [2.24, 2.45) is 0 Å². The Morgan fingerprint density at radius 2 is 1.88 bits per heavy atom. The molecule has 166 valence electrons. The van der Waals surface area contributed by atoms with Gasteiger partial charge in [0.2, 0.25) is 5.91 Å². The number of aromatic amines is 1. The van der Waals surface area contributed by atoms with Crippen LogP contribution in [0.5, 0.6) is 5.75 Å². The van der Waals surface area contributed by atoms with Crippen LogP contribution in [0.4, 0.5) is 0 Å². The number of amides is 2. The zero-order chi connectivity index (χ0) is 22.5. The molecule has 0 unspecified atom stereocenters. The van der Waals surface area contributed by atoms with E-state index in [9.17, 15) is 9.59 Å². The molecule has 2 amide bonds. The third-order valence-corrected chi connectivity index (χ3v) is 5.77. The second-order valence-corrected chi connectivity index (χ2v) is 7.94. The van der Waals surface area contributed by atoms with E-state index in [0.29, 0.717) is 43.1 Å². The minimum Gasteiger partial charge on any atom is -0.496 e. The van der Waals surface area contributed by atoms with Gasteiger partial charge in [-0.2, -0.15) is 5.10 Å². The van der Waals surface area contributed by atoms with Gasteiger partial charge in [0.25, 0.3) is 5.91 Å². The lowest BCUT2D eigenvalue weighted by Crippen LogP contribution is -2.40. The van der Waals surface area contributed by atoms with Gasteiger partial charge in [-0.1, -0.05) is 36.4 Å². The molecule has 1 aliphatic rings. The van der Waals surface area contributed by atoms with E-state index in [0.717, 1.165) is 11.3 Å². The number of likely N-dealkylation sites (tertiary alicyclic amines) is 1. The van der Waals surface area contributed by atoms with Crippen LogP contribution in [0.3, 0.4) is 0 Å². The van der Waals surface area contributed by atoms with E-state index in [-0.39, 0.29) is 23.8 Å². The van der Waals surface area contributed by atoms with Crippen molar-refractivity contribution in [2.45, 2.75) is 31.7 Å². The third kappa shape index (κ3) is 4.80. The Bertz CT molecular complexity index is 1080. The van der Waals surface area contributed by atoms with Crippen LogP contribution in [0.25, 0.3) is 0 Å². The number of H-pyrrole nitrogens is 1. The third-order valence-electron chi connectivity index (χ3n) is 5.77. The summed E-state index contributed by atoms with van der Waals surface area (Å²) in [6.45, 7) is 2.71. The first-order valence-corrected chi connectivity index (χ1v) is 10.7. The van der Waals surface area contributed by atoms with Gasteiger partial charge in [0.05, 0.1) is 19.1 Å². The largest absolute Gasteiger partial charge is 0.496 e. The Morgan fingerprint density at radius 1 is 1.12 bits per heavy atom. The lowest BCUT2D eigenvalue weighted by Gasteiger charge is -2.18. The molecule has 0 saturated carbocycles. The summed E-state index contributed by atoms with van der Waals surface area (Å²) >= 11 is 0. The minimum absolute atomic E-state index is 0.0321. The Balaban J connectivity index is 1.46. The molecule has 4 rings (SSSR count). The maximum Gasteiger partial charge on any atom is 0.251 e. The van der Waals surface area contributed by atoms with Gasteiger partial charge >= 0.3 is 0 Å². The van der Waals surface area contributed by atoms with E-state index in [2.05, 4.69) is 20.5 Å². The van der Waals surface area contributed by atoms with Crippen LogP contribution >= 0.6 is 0 Å². The maximum atomic E-state index is 13.0. The van der Waals surface area contributed by atoms with Crippen molar-refractivity contribution < 1.29 is 14.3 Å². The molecule has 1 saturated heterocycles. The number of benzene rings is 2. The van der Waals surface area contributed by atoms with E-state index < -0.39 is 0 Å². The number of ether oxygens (including phenoxy) is 1. The number of hydrogen-bond acceptors (Lipinski definition) is 5. The van der Waals surface area contributed by atoms with Gasteiger partial charge in [0.1, 0.15) is 11.6 Å². The van der Waals surface area contributed by atoms with Crippen molar-refractivity contribution in [1.29, 1.82) is 0 Å². The molecule has 32 heavy (non-hydrogen) atoms. The summed E-state index contributed by atoms with van der Waals surface area (Å²) in [7, 11) is 1.63. The molecule has 3 aromatic rings. The van der Waals surface area contributed by atoms with Gasteiger partial charge < -0.3 is 15.0 Å². The molecule has 1 aliphatic heterocycles. The summed E-state index contributed by atoms with van der Waals surface area (Å²) in [5, 5.41) is 10.2. The van der Waals surface area contributed by atoms with Crippen LogP contribution in [0.2, 0.25) is 0 Å². The van der Waals surface area contributed by atoms with Crippen molar-refractivity contribution in [1.82, 2.24) is 25.4 Å². The molecule has 0 spiro atoms. The Morgan fingerprint density at radius 3 is 2.59 bits per heavy atom. The lowest BCUT2D eigenvalue weighted by atomic mass is 10.0. The number of methoxy groups -OCH3 is 1. The monoisotopic (exact) mass is 433 g/mol. The van der Waals surface area contributed by atoms with Crippen LogP contribution in [0, 0.1) is 6.92 Å². The molecular weight excluding hydrogens is 406 g/mol. The van der Waals surface area contributed by atoms with Crippen molar-refractivity contribution >= 4 is 11.8 Å². The molecule has 0 radical (unpaired) electrons. The number of aryl methyl sites for hydroxylation is 2. The summed E-state index contributed by atoms with van der Waals surface area (Å²) < 4.78 is 5.39. The topological polar surface area (TPSA) is 100 Å². The van der Waals surface area contributed by atoms with E-state index in [1.54, 1.807) is 24.1 Å². The number of hydrogen-bond donors (Lipinski definition) is 2. The Hall–Kier alpha value is -3.68. The smallest absolute Gasteiger partial charge is 0.251 e. The van der Waals surface area contributed by atoms with Gasteiger partial charge in [0.15, 0.2) is 5.82 Å². The predicted molar refractivity (Wildman–Crippen MR) is 119 cm³/mol. The van der Waals surface area contributed by atoms with Crippen molar-refractivity contribution in [3.63, 3.8) is 0 Å². The first kappa shape index (κ1) is 21.5. The zero-order valence-electron chi connectivity index (χ0n) is 18.2. The molecule has 1 aromatic heterocycles. The minimum atomic E-state index is -0.270. The first-order valence-electron chi connectivity index (χ1n) is 10.7. The van der Waals surface area contributed by atoms with Crippen molar-refractivity contribution in [3.05, 3.63) is 77.4 Å². The highest BCUT2D eigenvalue weighted by molar-refractivity contribution is 5.94.